The first-order valence-corrected chi connectivity index (χ1v) is 4.32. The summed E-state index contributed by atoms with van der Waals surface area (Å²) in [5, 5.41) is 9.72. The van der Waals surface area contributed by atoms with E-state index in [1.165, 1.54) is 0 Å². The van der Waals surface area contributed by atoms with Crippen LogP contribution in [0, 0.1) is 6.92 Å². The molecule has 1 atom stereocenters. The monoisotopic (exact) mass is 180 g/mol. The molecule has 0 spiro atoms. The highest BCUT2D eigenvalue weighted by molar-refractivity contribution is 6.00. The first-order valence-electron chi connectivity index (χ1n) is 4.32. The smallest absolute Gasteiger partial charge is 0.169 e. The van der Waals surface area contributed by atoms with Crippen molar-refractivity contribution in [1.29, 1.82) is 0 Å². The van der Waals surface area contributed by atoms with Crippen LogP contribution in [0.4, 0.5) is 0 Å². The topological polar surface area (TPSA) is 50.4 Å². The third kappa shape index (κ3) is 1.29. The fourth-order valence-electron chi connectivity index (χ4n) is 1.85. The van der Waals surface area contributed by atoms with E-state index in [9.17, 15) is 9.90 Å². The Morgan fingerprint density at radius 2 is 2.23 bits per heavy atom. The first-order chi connectivity index (χ1) is 5.99. The maximum Gasteiger partial charge on any atom is 0.169 e. The predicted molar refractivity (Wildman–Crippen MR) is 46.7 cm³/mol. The third-order valence-corrected chi connectivity index (χ3v) is 2.41. The molecule has 0 radical (unpaired) electrons. The highest BCUT2D eigenvalue weighted by atomic mass is 16.3. The van der Waals surface area contributed by atoms with Crippen LogP contribution in [0.3, 0.4) is 0 Å². The van der Waals surface area contributed by atoms with Gasteiger partial charge in [-0.25, -0.2) is 0 Å². The molecule has 1 aromatic heterocycles. The summed E-state index contributed by atoms with van der Waals surface area (Å²) < 4.78 is 5.21. The van der Waals surface area contributed by atoms with E-state index >= 15 is 0 Å². The molecule has 0 aliphatic heterocycles. The van der Waals surface area contributed by atoms with Crippen LogP contribution in [0.2, 0.25) is 0 Å². The van der Waals surface area contributed by atoms with Gasteiger partial charge in [-0.1, -0.05) is 0 Å². The molecule has 0 saturated carbocycles. The van der Waals surface area contributed by atoms with E-state index in [-0.39, 0.29) is 12.2 Å². The normalized spacial score (nSPS) is 27.5. The van der Waals surface area contributed by atoms with Crippen molar-refractivity contribution in [2.75, 3.05) is 0 Å². The number of aryl methyl sites for hydroxylation is 1. The summed E-state index contributed by atoms with van der Waals surface area (Å²) in [6, 6.07) is 0. The number of aliphatic hydroxyl groups is 1. The second kappa shape index (κ2) is 2.45. The molecule has 3 nitrogen and oxygen atoms in total. The molecule has 13 heavy (non-hydrogen) atoms. The van der Waals surface area contributed by atoms with Gasteiger partial charge in [0, 0.05) is 12.8 Å². The predicted octanol–water partition coefficient (Wildman–Crippen LogP) is 1.47. The van der Waals surface area contributed by atoms with Crippen molar-refractivity contribution in [3.63, 3.8) is 0 Å². The number of fused-ring (bicyclic) bond motifs is 1. The van der Waals surface area contributed by atoms with Crippen LogP contribution in [0.25, 0.3) is 0 Å². The van der Waals surface area contributed by atoms with Gasteiger partial charge >= 0.3 is 0 Å². The van der Waals surface area contributed by atoms with Crippen LogP contribution >= 0.6 is 0 Å². The van der Waals surface area contributed by atoms with Gasteiger partial charge < -0.3 is 9.52 Å². The minimum absolute atomic E-state index is 0.0162. The molecule has 1 aliphatic carbocycles. The molecule has 1 aliphatic rings. The Kier molecular flexibility index (Phi) is 1.60. The molecule has 0 bridgehead atoms. The summed E-state index contributed by atoms with van der Waals surface area (Å²) in [5.41, 5.74) is 0.607. The molecule has 1 aromatic rings. The zero-order chi connectivity index (χ0) is 9.64. The van der Waals surface area contributed by atoms with Crippen LogP contribution < -0.4 is 0 Å². The van der Waals surface area contributed by atoms with E-state index in [4.69, 9.17) is 4.42 Å². The highest BCUT2D eigenvalue weighted by Crippen LogP contribution is 2.31. The molecule has 2 rings (SSSR count). The third-order valence-electron chi connectivity index (χ3n) is 2.41. The number of carbonyl (C=O) groups excluding carboxylic acids is 1. The van der Waals surface area contributed by atoms with Crippen molar-refractivity contribution in [2.45, 2.75) is 32.3 Å². The lowest BCUT2D eigenvalue weighted by molar-refractivity contribution is 0.0367. The highest BCUT2D eigenvalue weighted by Gasteiger charge is 2.35. The minimum atomic E-state index is -0.936. The number of hydrogen-bond donors (Lipinski definition) is 1. The molecule has 0 saturated heterocycles. The Morgan fingerprint density at radius 3 is 2.92 bits per heavy atom. The van der Waals surface area contributed by atoms with Crippen LogP contribution in [0.15, 0.2) is 10.7 Å². The quantitative estimate of drug-likeness (QED) is 0.657. The van der Waals surface area contributed by atoms with Gasteiger partial charge in [0.15, 0.2) is 5.78 Å². The fourth-order valence-corrected chi connectivity index (χ4v) is 1.85. The van der Waals surface area contributed by atoms with E-state index in [1.807, 2.05) is 6.92 Å². The summed E-state index contributed by atoms with van der Waals surface area (Å²) >= 11 is 0. The van der Waals surface area contributed by atoms with Gasteiger partial charge in [-0.05, 0) is 19.4 Å². The van der Waals surface area contributed by atoms with Crippen LogP contribution in [-0.2, 0) is 6.42 Å². The lowest BCUT2D eigenvalue weighted by atomic mass is 9.84. The summed E-state index contributed by atoms with van der Waals surface area (Å²) in [6.07, 6.45) is 2.20. The van der Waals surface area contributed by atoms with Gasteiger partial charge in [0.1, 0.15) is 5.76 Å². The summed E-state index contributed by atoms with van der Waals surface area (Å²) in [4.78, 5) is 11.6. The molecule has 70 valence electrons. The Hall–Kier alpha value is -1.09. The van der Waals surface area contributed by atoms with Gasteiger partial charge in [-0.3, -0.25) is 4.79 Å². The summed E-state index contributed by atoms with van der Waals surface area (Å²) in [7, 11) is 0. The standard InChI is InChI=1S/C10H12O3/c1-6-5-13-8-4-10(2,12)3-7(11)9(6)8/h5,12H,3-4H2,1-2H3. The van der Waals surface area contributed by atoms with Crippen molar-refractivity contribution in [1.82, 2.24) is 0 Å². The summed E-state index contributed by atoms with van der Waals surface area (Å²) in [5.74, 6) is 0.608. The van der Waals surface area contributed by atoms with Crippen LogP contribution in [0.5, 0.6) is 0 Å². The SMILES string of the molecule is Cc1coc2c1C(=O)CC(C)(O)C2. The first kappa shape index (κ1) is 8.51. The van der Waals surface area contributed by atoms with Crippen molar-refractivity contribution < 1.29 is 14.3 Å². The van der Waals surface area contributed by atoms with Gasteiger partial charge in [0.25, 0.3) is 0 Å². The number of ketones is 1. The molecule has 1 unspecified atom stereocenters. The number of furan rings is 1. The largest absolute Gasteiger partial charge is 0.468 e. The van der Waals surface area contributed by atoms with E-state index < -0.39 is 5.60 Å². The fraction of sp³-hybridized carbons (Fsp3) is 0.500. The van der Waals surface area contributed by atoms with Crippen LogP contribution in [-0.4, -0.2) is 16.5 Å². The second-order valence-corrected chi connectivity index (χ2v) is 3.99. The Balaban J connectivity index is 2.51. The molecular formula is C10H12O3. The molecule has 3 heteroatoms. The molecule has 1 heterocycles. The van der Waals surface area contributed by atoms with Crippen molar-refractivity contribution >= 4 is 5.78 Å². The lowest BCUT2D eigenvalue weighted by Gasteiger charge is -2.25. The van der Waals surface area contributed by atoms with Gasteiger partial charge in [-0.15, -0.1) is 0 Å². The Bertz CT molecular complexity index is 360. The van der Waals surface area contributed by atoms with Gasteiger partial charge in [0.2, 0.25) is 0 Å². The zero-order valence-corrected chi connectivity index (χ0v) is 7.76. The average molecular weight is 180 g/mol. The molecule has 0 fully saturated rings. The lowest BCUT2D eigenvalue weighted by Crippen LogP contribution is -2.35. The maximum atomic E-state index is 11.6. The van der Waals surface area contributed by atoms with E-state index in [0.717, 1.165) is 5.56 Å². The van der Waals surface area contributed by atoms with Crippen molar-refractivity contribution in [3.8, 4) is 0 Å². The number of hydrogen-bond acceptors (Lipinski definition) is 3. The van der Waals surface area contributed by atoms with Crippen LogP contribution in [0.1, 0.15) is 35.0 Å². The van der Waals surface area contributed by atoms with Crippen molar-refractivity contribution in [2.24, 2.45) is 0 Å². The molecule has 1 N–H and O–H groups in total. The summed E-state index contributed by atoms with van der Waals surface area (Å²) in [6.45, 7) is 3.51. The van der Waals surface area contributed by atoms with E-state index in [2.05, 4.69) is 0 Å². The van der Waals surface area contributed by atoms with E-state index in [0.29, 0.717) is 17.7 Å². The maximum absolute atomic E-state index is 11.6. The zero-order valence-electron chi connectivity index (χ0n) is 7.76. The van der Waals surface area contributed by atoms with Gasteiger partial charge in [0.05, 0.1) is 17.4 Å². The molecular weight excluding hydrogens is 168 g/mol. The molecule has 0 aromatic carbocycles. The molecule has 0 amide bonds. The Labute approximate surface area is 76.4 Å². The number of carbonyl (C=O) groups is 1. The second-order valence-electron chi connectivity index (χ2n) is 3.99. The number of rotatable bonds is 0. The number of Topliss-reactive ketones (excluding diaryl/α,β-unsaturated/α-hetero) is 1. The van der Waals surface area contributed by atoms with Crippen molar-refractivity contribution in [3.05, 3.63) is 23.2 Å². The Morgan fingerprint density at radius 1 is 1.54 bits per heavy atom. The van der Waals surface area contributed by atoms with Gasteiger partial charge in [-0.2, -0.15) is 0 Å². The minimum Gasteiger partial charge on any atom is -0.468 e. The average Bonchev–Trinajstić information content (AvgIpc) is 2.28. The van der Waals surface area contributed by atoms with E-state index in [1.54, 1.807) is 13.2 Å².